The first kappa shape index (κ1) is 20.8. The molecule has 1 fully saturated rings. The fraction of sp³-hybridized carbons (Fsp3) is 0.409. The highest BCUT2D eigenvalue weighted by Crippen LogP contribution is 2.38. The Morgan fingerprint density at radius 3 is 2.70 bits per heavy atom. The number of hydrogen-bond acceptors (Lipinski definition) is 4. The molecule has 0 saturated carbocycles. The monoisotopic (exact) mass is 432 g/mol. The molecule has 0 N–H and O–H groups in total. The number of carbonyl (C=O) groups excluding carboxylic acids is 1. The third-order valence-electron chi connectivity index (χ3n) is 5.72. The predicted molar refractivity (Wildman–Crippen MR) is 111 cm³/mol. The van der Waals surface area contributed by atoms with Gasteiger partial charge in [-0.3, -0.25) is 4.79 Å². The second-order valence-corrected chi connectivity index (χ2v) is 9.58. The van der Waals surface area contributed by atoms with Gasteiger partial charge in [0.15, 0.2) is 0 Å². The van der Waals surface area contributed by atoms with Crippen molar-refractivity contribution in [2.45, 2.75) is 43.5 Å². The number of halogens is 1. The van der Waals surface area contributed by atoms with E-state index in [1.165, 1.54) is 35.5 Å². The summed E-state index contributed by atoms with van der Waals surface area (Å²) in [7, 11) is -3.84. The van der Waals surface area contributed by atoms with Crippen LogP contribution in [0.25, 0.3) is 0 Å². The van der Waals surface area contributed by atoms with Gasteiger partial charge in [0.2, 0.25) is 15.9 Å². The lowest BCUT2D eigenvalue weighted by Crippen LogP contribution is -2.37. The number of sulfonamides is 1. The van der Waals surface area contributed by atoms with Gasteiger partial charge < -0.3 is 9.64 Å². The minimum atomic E-state index is -3.84. The van der Waals surface area contributed by atoms with Gasteiger partial charge in [0.25, 0.3) is 0 Å². The van der Waals surface area contributed by atoms with E-state index in [0.717, 1.165) is 19.3 Å². The molecule has 1 amide bonds. The highest BCUT2D eigenvalue weighted by molar-refractivity contribution is 7.89. The van der Waals surface area contributed by atoms with Crippen LogP contribution in [-0.2, 0) is 14.8 Å². The summed E-state index contributed by atoms with van der Waals surface area (Å²) in [4.78, 5) is 13.6. The van der Waals surface area contributed by atoms with E-state index >= 15 is 0 Å². The Kier molecular flexibility index (Phi) is 5.79. The molecule has 160 valence electrons. The Labute approximate surface area is 176 Å². The Balaban J connectivity index is 1.73. The third-order valence-corrected chi connectivity index (χ3v) is 7.62. The Bertz CT molecular complexity index is 1060. The minimum absolute atomic E-state index is 0.117. The van der Waals surface area contributed by atoms with Crippen molar-refractivity contribution in [1.29, 1.82) is 0 Å². The summed E-state index contributed by atoms with van der Waals surface area (Å²) in [5.74, 6) is -0.107. The van der Waals surface area contributed by atoms with Gasteiger partial charge in [0, 0.05) is 19.5 Å². The summed E-state index contributed by atoms with van der Waals surface area (Å²) in [5.41, 5.74) is 1.24. The predicted octanol–water partition coefficient (Wildman–Crippen LogP) is 3.88. The van der Waals surface area contributed by atoms with Gasteiger partial charge >= 0.3 is 0 Å². The molecule has 2 aromatic rings. The molecular weight excluding hydrogens is 407 g/mol. The van der Waals surface area contributed by atoms with Gasteiger partial charge in [0.05, 0.1) is 23.2 Å². The molecule has 30 heavy (non-hydrogen) atoms. The van der Waals surface area contributed by atoms with Crippen molar-refractivity contribution in [3.05, 3.63) is 53.8 Å². The lowest BCUT2D eigenvalue weighted by Gasteiger charge is -2.31. The van der Waals surface area contributed by atoms with Crippen molar-refractivity contribution in [1.82, 2.24) is 4.31 Å². The molecular formula is C22H25FN2O4S. The first-order valence-electron chi connectivity index (χ1n) is 10.2. The Hall–Kier alpha value is -2.45. The second-order valence-electron chi connectivity index (χ2n) is 7.68. The molecule has 2 aromatic carbocycles. The molecule has 0 aromatic heterocycles. The van der Waals surface area contributed by atoms with Crippen LogP contribution in [0, 0.1) is 5.82 Å². The van der Waals surface area contributed by atoms with Crippen LogP contribution in [0.1, 0.15) is 44.2 Å². The van der Waals surface area contributed by atoms with Crippen molar-refractivity contribution in [2.75, 3.05) is 24.6 Å². The molecule has 2 heterocycles. The number of benzene rings is 2. The zero-order valence-corrected chi connectivity index (χ0v) is 17.7. The van der Waals surface area contributed by atoms with E-state index in [1.54, 1.807) is 23.1 Å². The molecule has 2 aliphatic rings. The number of ether oxygens (including phenoxy) is 1. The molecule has 1 saturated heterocycles. The molecule has 0 aliphatic carbocycles. The van der Waals surface area contributed by atoms with Gasteiger partial charge in [-0.2, -0.15) is 4.31 Å². The molecule has 2 aliphatic heterocycles. The summed E-state index contributed by atoms with van der Waals surface area (Å²) >= 11 is 0. The standard InChI is InChI=1S/C22H25FN2O4S/c1-16(26)24-12-13-29-22-15-19(9-10-21(22)24)30(27,28)25-11-4-2-3-8-20(25)17-6-5-7-18(23)14-17/h5-7,9-10,14-15,20H,2-4,8,11-13H2,1H3. The van der Waals surface area contributed by atoms with Gasteiger partial charge in [-0.05, 0) is 42.7 Å². The molecule has 1 atom stereocenters. The van der Waals surface area contributed by atoms with Crippen molar-refractivity contribution in [3.8, 4) is 5.75 Å². The van der Waals surface area contributed by atoms with E-state index in [0.29, 0.717) is 43.1 Å². The fourth-order valence-corrected chi connectivity index (χ4v) is 5.94. The maximum absolute atomic E-state index is 13.8. The zero-order valence-electron chi connectivity index (χ0n) is 16.9. The van der Waals surface area contributed by atoms with Crippen molar-refractivity contribution >= 4 is 21.6 Å². The molecule has 8 heteroatoms. The largest absolute Gasteiger partial charge is 0.489 e. The van der Waals surface area contributed by atoms with Crippen molar-refractivity contribution in [3.63, 3.8) is 0 Å². The van der Waals surface area contributed by atoms with E-state index in [2.05, 4.69) is 0 Å². The number of rotatable bonds is 3. The van der Waals surface area contributed by atoms with Crippen molar-refractivity contribution < 1.29 is 22.3 Å². The van der Waals surface area contributed by atoms with E-state index in [9.17, 15) is 17.6 Å². The maximum Gasteiger partial charge on any atom is 0.243 e. The zero-order chi connectivity index (χ0) is 21.3. The summed E-state index contributed by atoms with van der Waals surface area (Å²) in [5, 5.41) is 0. The van der Waals surface area contributed by atoms with Crippen LogP contribution in [0.3, 0.4) is 0 Å². The summed E-state index contributed by atoms with van der Waals surface area (Å²) in [6.07, 6.45) is 3.21. The molecule has 0 bridgehead atoms. The highest BCUT2D eigenvalue weighted by Gasteiger charge is 2.34. The smallest absolute Gasteiger partial charge is 0.243 e. The average Bonchev–Trinajstić information content (AvgIpc) is 2.99. The maximum atomic E-state index is 13.8. The first-order valence-corrected chi connectivity index (χ1v) is 11.6. The fourth-order valence-electron chi connectivity index (χ4n) is 4.24. The Morgan fingerprint density at radius 2 is 1.93 bits per heavy atom. The van der Waals surface area contributed by atoms with Crippen LogP contribution in [0.15, 0.2) is 47.4 Å². The summed E-state index contributed by atoms with van der Waals surface area (Å²) in [6.45, 7) is 2.59. The van der Waals surface area contributed by atoms with Gasteiger partial charge in [-0.25, -0.2) is 12.8 Å². The highest BCUT2D eigenvalue weighted by atomic mass is 32.2. The number of carbonyl (C=O) groups is 1. The number of hydrogen-bond donors (Lipinski definition) is 0. The quantitative estimate of drug-likeness (QED) is 0.738. The number of nitrogens with zero attached hydrogens (tertiary/aromatic N) is 2. The van der Waals surface area contributed by atoms with E-state index in [1.807, 2.05) is 0 Å². The number of amides is 1. The van der Waals surface area contributed by atoms with E-state index in [4.69, 9.17) is 4.74 Å². The minimum Gasteiger partial charge on any atom is -0.489 e. The molecule has 0 spiro atoms. The molecule has 1 unspecified atom stereocenters. The van der Waals surface area contributed by atoms with Gasteiger partial charge in [0.1, 0.15) is 18.2 Å². The topological polar surface area (TPSA) is 66.9 Å². The van der Waals surface area contributed by atoms with Gasteiger partial charge in [-0.15, -0.1) is 0 Å². The Morgan fingerprint density at radius 1 is 1.10 bits per heavy atom. The summed E-state index contributed by atoms with van der Waals surface area (Å²) < 4.78 is 48.2. The second kappa shape index (κ2) is 8.35. The van der Waals surface area contributed by atoms with Crippen LogP contribution in [0.2, 0.25) is 0 Å². The molecule has 6 nitrogen and oxygen atoms in total. The third kappa shape index (κ3) is 3.94. The number of anilines is 1. The van der Waals surface area contributed by atoms with Crippen LogP contribution in [-0.4, -0.2) is 38.3 Å². The van der Waals surface area contributed by atoms with E-state index < -0.39 is 16.1 Å². The van der Waals surface area contributed by atoms with Crippen LogP contribution < -0.4 is 9.64 Å². The lowest BCUT2D eigenvalue weighted by atomic mass is 10.0. The summed E-state index contributed by atoms with van der Waals surface area (Å²) in [6, 6.07) is 10.4. The first-order chi connectivity index (χ1) is 14.4. The van der Waals surface area contributed by atoms with Crippen molar-refractivity contribution in [2.24, 2.45) is 0 Å². The van der Waals surface area contributed by atoms with E-state index in [-0.39, 0.29) is 16.6 Å². The molecule has 4 rings (SSSR count). The normalized spacial score (nSPS) is 20.2. The van der Waals surface area contributed by atoms with Gasteiger partial charge in [-0.1, -0.05) is 25.0 Å². The van der Waals surface area contributed by atoms with Crippen LogP contribution >= 0.6 is 0 Å². The number of fused-ring (bicyclic) bond motifs is 1. The average molecular weight is 433 g/mol. The molecule has 0 radical (unpaired) electrons. The van der Waals surface area contributed by atoms with Crippen LogP contribution in [0.4, 0.5) is 10.1 Å². The SMILES string of the molecule is CC(=O)N1CCOc2cc(S(=O)(=O)N3CCCCCC3c3cccc(F)c3)ccc21. The van der Waals surface area contributed by atoms with Crippen LogP contribution in [0.5, 0.6) is 5.75 Å². The lowest BCUT2D eigenvalue weighted by molar-refractivity contribution is -0.116.